The number of ketones is 1. The SMILES string of the molecule is CCC(=O)C(Br)Cc1ccc(C#N)cc1Br. The van der Waals surface area contributed by atoms with E-state index < -0.39 is 0 Å². The second-order valence-corrected chi connectivity index (χ2v) is 5.37. The quantitative estimate of drug-likeness (QED) is 0.783. The van der Waals surface area contributed by atoms with E-state index >= 15 is 0 Å². The molecule has 0 bridgehead atoms. The predicted octanol–water partition coefficient (Wildman–Crippen LogP) is 3.61. The summed E-state index contributed by atoms with van der Waals surface area (Å²) in [6, 6.07) is 7.48. The van der Waals surface area contributed by atoms with Crippen molar-refractivity contribution in [3.05, 3.63) is 33.8 Å². The normalized spacial score (nSPS) is 11.9. The number of benzene rings is 1. The van der Waals surface area contributed by atoms with E-state index in [1.807, 2.05) is 13.0 Å². The van der Waals surface area contributed by atoms with Crippen LogP contribution in [0.5, 0.6) is 0 Å². The van der Waals surface area contributed by atoms with E-state index in [1.54, 1.807) is 12.1 Å². The Balaban J connectivity index is 2.83. The molecular weight excluding hydrogens is 334 g/mol. The number of hydrogen-bond acceptors (Lipinski definition) is 2. The molecule has 16 heavy (non-hydrogen) atoms. The van der Waals surface area contributed by atoms with E-state index in [-0.39, 0.29) is 10.6 Å². The smallest absolute Gasteiger partial charge is 0.146 e. The summed E-state index contributed by atoms with van der Waals surface area (Å²) in [5.41, 5.74) is 1.64. The fourth-order valence-electron chi connectivity index (χ4n) is 1.31. The van der Waals surface area contributed by atoms with Crippen LogP contribution >= 0.6 is 31.9 Å². The van der Waals surface area contributed by atoms with Crippen LogP contribution in [0.15, 0.2) is 22.7 Å². The van der Waals surface area contributed by atoms with Gasteiger partial charge < -0.3 is 0 Å². The first-order chi connectivity index (χ1) is 7.58. The second-order valence-electron chi connectivity index (χ2n) is 3.41. The second kappa shape index (κ2) is 6.17. The lowest BCUT2D eigenvalue weighted by molar-refractivity contribution is -0.118. The standard InChI is InChI=1S/C12H11Br2NO/c1-2-12(16)11(14)6-9-4-3-8(7-15)5-10(9)13/h3-5,11H,2,6H2,1H3. The summed E-state index contributed by atoms with van der Waals surface area (Å²) in [7, 11) is 0. The number of hydrogen-bond donors (Lipinski definition) is 0. The highest BCUT2D eigenvalue weighted by Gasteiger charge is 2.14. The molecule has 0 spiro atoms. The number of nitriles is 1. The zero-order valence-electron chi connectivity index (χ0n) is 8.84. The van der Waals surface area contributed by atoms with E-state index in [9.17, 15) is 4.79 Å². The molecule has 0 aromatic heterocycles. The van der Waals surface area contributed by atoms with Crippen molar-refractivity contribution < 1.29 is 4.79 Å². The fourth-order valence-corrected chi connectivity index (χ4v) is 2.52. The summed E-state index contributed by atoms with van der Waals surface area (Å²) in [6.45, 7) is 1.85. The minimum atomic E-state index is -0.151. The molecule has 2 nitrogen and oxygen atoms in total. The Kier molecular flexibility index (Phi) is 5.17. The number of Topliss-reactive ketones (excluding diaryl/α,β-unsaturated/α-hetero) is 1. The number of carbonyl (C=O) groups excluding carboxylic acids is 1. The van der Waals surface area contributed by atoms with Crippen LogP contribution in [0.2, 0.25) is 0 Å². The highest BCUT2D eigenvalue weighted by molar-refractivity contribution is 9.10. The van der Waals surface area contributed by atoms with Gasteiger partial charge in [0, 0.05) is 10.9 Å². The number of nitrogens with zero attached hydrogens (tertiary/aromatic N) is 1. The van der Waals surface area contributed by atoms with Gasteiger partial charge in [-0.15, -0.1) is 0 Å². The van der Waals surface area contributed by atoms with Gasteiger partial charge in [-0.3, -0.25) is 4.79 Å². The number of halogens is 2. The molecule has 0 saturated heterocycles. The van der Waals surface area contributed by atoms with Gasteiger partial charge in [0.1, 0.15) is 5.78 Å². The van der Waals surface area contributed by atoms with Gasteiger partial charge in [0.05, 0.1) is 16.5 Å². The van der Waals surface area contributed by atoms with E-state index in [0.29, 0.717) is 18.4 Å². The van der Waals surface area contributed by atoms with Crippen LogP contribution in [0.3, 0.4) is 0 Å². The van der Waals surface area contributed by atoms with Gasteiger partial charge in [-0.05, 0) is 24.1 Å². The molecule has 1 aromatic carbocycles. The van der Waals surface area contributed by atoms with Crippen LogP contribution in [0.4, 0.5) is 0 Å². The summed E-state index contributed by atoms with van der Waals surface area (Å²) in [5.74, 6) is 0.191. The molecule has 0 saturated carbocycles. The molecule has 1 unspecified atom stereocenters. The molecule has 0 radical (unpaired) electrons. The lowest BCUT2D eigenvalue weighted by atomic mass is 10.0. The Morgan fingerprint density at radius 1 is 1.56 bits per heavy atom. The van der Waals surface area contributed by atoms with Gasteiger partial charge in [-0.1, -0.05) is 44.8 Å². The van der Waals surface area contributed by atoms with Crippen molar-refractivity contribution in [2.75, 3.05) is 0 Å². The molecule has 0 aliphatic heterocycles. The number of alkyl halides is 1. The van der Waals surface area contributed by atoms with Crippen LogP contribution in [-0.4, -0.2) is 10.6 Å². The van der Waals surface area contributed by atoms with Gasteiger partial charge in [-0.2, -0.15) is 5.26 Å². The zero-order valence-corrected chi connectivity index (χ0v) is 12.0. The van der Waals surface area contributed by atoms with Crippen LogP contribution in [0.1, 0.15) is 24.5 Å². The molecule has 4 heteroatoms. The van der Waals surface area contributed by atoms with Crippen molar-refractivity contribution in [1.29, 1.82) is 5.26 Å². The molecule has 1 aromatic rings. The van der Waals surface area contributed by atoms with E-state index in [4.69, 9.17) is 5.26 Å². The maximum Gasteiger partial charge on any atom is 0.146 e. The summed E-state index contributed by atoms with van der Waals surface area (Å²) in [5, 5.41) is 8.73. The maximum absolute atomic E-state index is 11.4. The van der Waals surface area contributed by atoms with Crippen LogP contribution < -0.4 is 0 Å². The Bertz CT molecular complexity index is 437. The Labute approximate surface area is 112 Å². The molecule has 0 aliphatic rings. The lowest BCUT2D eigenvalue weighted by Gasteiger charge is -2.09. The van der Waals surface area contributed by atoms with Gasteiger partial charge >= 0.3 is 0 Å². The Hall–Kier alpha value is -0.660. The largest absolute Gasteiger partial charge is 0.298 e. The van der Waals surface area contributed by atoms with Gasteiger partial charge in [0.25, 0.3) is 0 Å². The van der Waals surface area contributed by atoms with Crippen molar-refractivity contribution in [2.24, 2.45) is 0 Å². The number of carbonyl (C=O) groups is 1. The molecule has 0 amide bonds. The van der Waals surface area contributed by atoms with Crippen molar-refractivity contribution in [2.45, 2.75) is 24.6 Å². The van der Waals surface area contributed by atoms with Gasteiger partial charge in [-0.25, -0.2) is 0 Å². The topological polar surface area (TPSA) is 40.9 Å². The highest BCUT2D eigenvalue weighted by atomic mass is 79.9. The molecule has 84 valence electrons. The third-order valence-electron chi connectivity index (χ3n) is 2.28. The Morgan fingerprint density at radius 3 is 2.75 bits per heavy atom. The van der Waals surface area contributed by atoms with Gasteiger partial charge in [0.2, 0.25) is 0 Å². The fraction of sp³-hybridized carbons (Fsp3) is 0.333. The minimum absolute atomic E-state index is 0.151. The maximum atomic E-state index is 11.4. The summed E-state index contributed by atoms with van der Waals surface area (Å²) in [4.78, 5) is 11.3. The molecular formula is C12H11Br2NO. The molecule has 1 atom stereocenters. The summed E-state index contributed by atoms with van der Waals surface area (Å²) in [6.07, 6.45) is 1.17. The van der Waals surface area contributed by atoms with E-state index in [0.717, 1.165) is 10.0 Å². The van der Waals surface area contributed by atoms with Crippen molar-refractivity contribution in [3.63, 3.8) is 0 Å². The monoisotopic (exact) mass is 343 g/mol. The highest BCUT2D eigenvalue weighted by Crippen LogP contribution is 2.22. The zero-order chi connectivity index (χ0) is 12.1. The summed E-state index contributed by atoms with van der Waals surface area (Å²) < 4.78 is 0.875. The van der Waals surface area contributed by atoms with E-state index in [1.165, 1.54) is 0 Å². The van der Waals surface area contributed by atoms with Crippen molar-refractivity contribution >= 4 is 37.6 Å². The molecule has 0 aliphatic carbocycles. The number of rotatable bonds is 4. The minimum Gasteiger partial charge on any atom is -0.298 e. The first kappa shape index (κ1) is 13.4. The molecule has 0 fully saturated rings. The van der Waals surface area contributed by atoms with Crippen LogP contribution in [0, 0.1) is 11.3 Å². The third kappa shape index (κ3) is 3.43. The average molecular weight is 345 g/mol. The third-order valence-corrected chi connectivity index (χ3v) is 3.85. The summed E-state index contributed by atoms with van der Waals surface area (Å²) >= 11 is 6.78. The first-order valence-electron chi connectivity index (χ1n) is 4.93. The van der Waals surface area contributed by atoms with Crippen molar-refractivity contribution in [3.8, 4) is 6.07 Å². The van der Waals surface area contributed by atoms with Crippen molar-refractivity contribution in [1.82, 2.24) is 0 Å². The van der Waals surface area contributed by atoms with E-state index in [2.05, 4.69) is 37.9 Å². The molecule has 1 rings (SSSR count). The predicted molar refractivity (Wildman–Crippen MR) is 70.6 cm³/mol. The lowest BCUT2D eigenvalue weighted by Crippen LogP contribution is -2.15. The molecule has 0 N–H and O–H groups in total. The molecule has 0 heterocycles. The average Bonchev–Trinajstić information content (AvgIpc) is 2.30. The van der Waals surface area contributed by atoms with Crippen LogP contribution in [0.25, 0.3) is 0 Å². The first-order valence-corrected chi connectivity index (χ1v) is 6.64. The Morgan fingerprint density at radius 2 is 2.25 bits per heavy atom. The van der Waals surface area contributed by atoms with Crippen LogP contribution in [-0.2, 0) is 11.2 Å². The van der Waals surface area contributed by atoms with Gasteiger partial charge in [0.15, 0.2) is 0 Å².